The average molecular weight is 252 g/mol. The molecule has 2 rings (SSSR count). The van der Waals surface area contributed by atoms with E-state index in [0.717, 1.165) is 25.9 Å². The van der Waals surface area contributed by atoms with E-state index in [0.29, 0.717) is 0 Å². The summed E-state index contributed by atoms with van der Waals surface area (Å²) in [5, 5.41) is 5.39. The smallest absolute Gasteiger partial charge is 0.239 e. The first-order valence-corrected chi connectivity index (χ1v) is 7.08. The molecule has 0 aliphatic carbocycles. The van der Waals surface area contributed by atoms with Crippen molar-refractivity contribution in [3.63, 3.8) is 0 Å². The van der Waals surface area contributed by atoms with Crippen LogP contribution in [-0.2, 0) is 11.3 Å². The van der Waals surface area contributed by atoms with Gasteiger partial charge in [0.25, 0.3) is 0 Å². The quantitative estimate of drug-likeness (QED) is 0.894. The van der Waals surface area contributed by atoms with E-state index in [-0.39, 0.29) is 11.9 Å². The molecule has 1 aliphatic rings. The van der Waals surface area contributed by atoms with Crippen LogP contribution in [0.3, 0.4) is 0 Å². The number of nitrogens with one attached hydrogen (secondary N) is 1. The Labute approximate surface area is 107 Å². The van der Waals surface area contributed by atoms with Gasteiger partial charge >= 0.3 is 0 Å². The molecule has 1 atom stereocenters. The van der Waals surface area contributed by atoms with E-state index in [9.17, 15) is 4.79 Å². The van der Waals surface area contributed by atoms with Crippen LogP contribution in [0.2, 0.25) is 0 Å². The number of amides is 1. The first kappa shape index (κ1) is 12.6. The zero-order chi connectivity index (χ0) is 12.3. The first-order valence-electron chi connectivity index (χ1n) is 6.20. The van der Waals surface area contributed by atoms with Crippen LogP contribution in [0.4, 0.5) is 0 Å². The number of nitrogens with zero attached hydrogens (tertiary/aromatic N) is 1. The second kappa shape index (κ2) is 5.65. The molecule has 17 heavy (non-hydrogen) atoms. The number of piperidine rings is 1. The van der Waals surface area contributed by atoms with Gasteiger partial charge in [-0.05, 0) is 43.3 Å². The van der Waals surface area contributed by atoms with Gasteiger partial charge in [-0.15, -0.1) is 11.3 Å². The Kier molecular flexibility index (Phi) is 4.18. The molecule has 1 saturated heterocycles. The van der Waals surface area contributed by atoms with E-state index in [1.54, 1.807) is 11.3 Å². The van der Waals surface area contributed by atoms with Gasteiger partial charge in [-0.2, -0.15) is 0 Å². The van der Waals surface area contributed by atoms with Crippen molar-refractivity contribution in [1.82, 2.24) is 10.2 Å². The number of carbonyl (C=O) groups excluding carboxylic acids is 1. The van der Waals surface area contributed by atoms with Crippen molar-refractivity contribution in [3.8, 4) is 0 Å². The number of aryl methyl sites for hydroxylation is 1. The number of rotatable bonds is 3. The van der Waals surface area contributed by atoms with E-state index < -0.39 is 0 Å². The maximum absolute atomic E-state index is 12.2. The molecule has 0 saturated carbocycles. The summed E-state index contributed by atoms with van der Waals surface area (Å²) in [5.74, 6) is 0.234. The molecule has 94 valence electrons. The summed E-state index contributed by atoms with van der Waals surface area (Å²) in [6.45, 7) is 3.81. The van der Waals surface area contributed by atoms with Crippen molar-refractivity contribution in [2.24, 2.45) is 0 Å². The molecule has 0 unspecified atom stereocenters. The van der Waals surface area contributed by atoms with Gasteiger partial charge in [-0.25, -0.2) is 0 Å². The lowest BCUT2D eigenvalue weighted by atomic mass is 10.0. The fraction of sp³-hybridized carbons (Fsp3) is 0.615. The maximum Gasteiger partial charge on any atom is 0.239 e. The van der Waals surface area contributed by atoms with Crippen molar-refractivity contribution in [3.05, 3.63) is 21.9 Å². The van der Waals surface area contributed by atoms with Crippen LogP contribution in [0.25, 0.3) is 0 Å². The Balaban J connectivity index is 1.93. The normalized spacial score (nSPS) is 20.2. The van der Waals surface area contributed by atoms with Gasteiger partial charge < -0.3 is 10.2 Å². The van der Waals surface area contributed by atoms with Crippen LogP contribution in [0.1, 0.15) is 29.7 Å². The molecule has 1 amide bonds. The van der Waals surface area contributed by atoms with Crippen LogP contribution >= 0.6 is 11.3 Å². The Morgan fingerprint density at radius 3 is 3.00 bits per heavy atom. The predicted octanol–water partition coefficient (Wildman–Crippen LogP) is 2.16. The second-order valence-corrected chi connectivity index (χ2v) is 5.72. The van der Waals surface area contributed by atoms with Crippen LogP contribution in [0.15, 0.2) is 11.4 Å². The summed E-state index contributed by atoms with van der Waals surface area (Å²) in [6.07, 6.45) is 3.33. The summed E-state index contributed by atoms with van der Waals surface area (Å²) < 4.78 is 0. The molecule has 4 heteroatoms. The highest BCUT2D eigenvalue weighted by atomic mass is 32.1. The lowest BCUT2D eigenvalue weighted by Crippen LogP contribution is -2.46. The third-order valence-electron chi connectivity index (χ3n) is 3.33. The van der Waals surface area contributed by atoms with Gasteiger partial charge in [0.1, 0.15) is 0 Å². The van der Waals surface area contributed by atoms with Crippen molar-refractivity contribution in [1.29, 1.82) is 0 Å². The Morgan fingerprint density at radius 2 is 2.41 bits per heavy atom. The monoisotopic (exact) mass is 252 g/mol. The fourth-order valence-electron chi connectivity index (χ4n) is 2.19. The molecule has 3 nitrogen and oxygen atoms in total. The zero-order valence-electron chi connectivity index (χ0n) is 10.5. The van der Waals surface area contributed by atoms with Crippen molar-refractivity contribution in [2.75, 3.05) is 13.6 Å². The highest BCUT2D eigenvalue weighted by Crippen LogP contribution is 2.18. The molecule has 0 radical (unpaired) electrons. The fourth-order valence-corrected chi connectivity index (χ4v) is 3.15. The van der Waals surface area contributed by atoms with Gasteiger partial charge in [0.05, 0.1) is 12.6 Å². The zero-order valence-corrected chi connectivity index (χ0v) is 11.3. The molecule has 1 N–H and O–H groups in total. The predicted molar refractivity (Wildman–Crippen MR) is 71.2 cm³/mol. The van der Waals surface area contributed by atoms with Crippen molar-refractivity contribution < 1.29 is 4.79 Å². The summed E-state index contributed by atoms with van der Waals surface area (Å²) >= 11 is 1.73. The Hall–Kier alpha value is -0.870. The summed E-state index contributed by atoms with van der Waals surface area (Å²) in [5.41, 5.74) is 1.28. The lowest BCUT2D eigenvalue weighted by Gasteiger charge is -2.27. The van der Waals surface area contributed by atoms with Gasteiger partial charge in [0, 0.05) is 11.9 Å². The molecule has 1 aromatic heterocycles. The molecule has 0 spiro atoms. The van der Waals surface area contributed by atoms with Crippen molar-refractivity contribution >= 4 is 17.2 Å². The average Bonchev–Trinajstić information content (AvgIpc) is 2.75. The number of carbonyl (C=O) groups is 1. The summed E-state index contributed by atoms with van der Waals surface area (Å²) in [7, 11) is 1.90. The third-order valence-corrected chi connectivity index (χ3v) is 4.34. The summed E-state index contributed by atoms with van der Waals surface area (Å²) in [6, 6.07) is 2.14. The molecule has 1 fully saturated rings. The topological polar surface area (TPSA) is 32.3 Å². The number of likely N-dealkylation sites (N-methyl/N-ethyl adjacent to an activating group) is 1. The van der Waals surface area contributed by atoms with Gasteiger partial charge in [0.2, 0.25) is 5.91 Å². The van der Waals surface area contributed by atoms with Crippen molar-refractivity contribution in [2.45, 2.75) is 38.8 Å². The van der Waals surface area contributed by atoms with E-state index in [1.807, 2.05) is 11.9 Å². The standard InChI is InChI=1S/C13H20N2OS/c1-10-6-8-17-12(10)9-15(2)13(16)11-5-3-4-7-14-11/h6,8,11,14H,3-5,7,9H2,1-2H3/t11-/m1/s1. The van der Waals surface area contributed by atoms with Gasteiger partial charge in [-0.1, -0.05) is 6.42 Å². The minimum absolute atomic E-state index is 0.0361. The highest BCUT2D eigenvalue weighted by molar-refractivity contribution is 7.10. The number of thiophene rings is 1. The van der Waals surface area contributed by atoms with Gasteiger partial charge in [-0.3, -0.25) is 4.79 Å². The van der Waals surface area contributed by atoms with Crippen LogP contribution in [0, 0.1) is 6.92 Å². The number of hydrogen-bond acceptors (Lipinski definition) is 3. The molecule has 1 aromatic rings. The van der Waals surface area contributed by atoms with E-state index in [1.165, 1.54) is 16.9 Å². The molecule has 2 heterocycles. The molecule has 1 aliphatic heterocycles. The Bertz CT molecular complexity index is 383. The second-order valence-electron chi connectivity index (χ2n) is 4.72. The molecule has 0 bridgehead atoms. The largest absolute Gasteiger partial charge is 0.339 e. The minimum Gasteiger partial charge on any atom is -0.339 e. The summed E-state index contributed by atoms with van der Waals surface area (Å²) in [4.78, 5) is 15.3. The Morgan fingerprint density at radius 1 is 1.59 bits per heavy atom. The van der Waals surface area contributed by atoms with E-state index in [2.05, 4.69) is 23.7 Å². The van der Waals surface area contributed by atoms with Crippen LogP contribution in [-0.4, -0.2) is 30.4 Å². The molecule has 0 aromatic carbocycles. The first-order chi connectivity index (χ1) is 8.18. The molecular formula is C13H20N2OS. The third kappa shape index (κ3) is 3.07. The van der Waals surface area contributed by atoms with Crippen LogP contribution < -0.4 is 5.32 Å². The highest BCUT2D eigenvalue weighted by Gasteiger charge is 2.23. The SMILES string of the molecule is Cc1ccsc1CN(C)C(=O)[C@H]1CCCCN1. The maximum atomic E-state index is 12.2. The van der Waals surface area contributed by atoms with E-state index >= 15 is 0 Å². The van der Waals surface area contributed by atoms with Gasteiger partial charge in [0.15, 0.2) is 0 Å². The minimum atomic E-state index is 0.0361. The van der Waals surface area contributed by atoms with Crippen LogP contribution in [0.5, 0.6) is 0 Å². The number of hydrogen-bond donors (Lipinski definition) is 1. The van der Waals surface area contributed by atoms with E-state index in [4.69, 9.17) is 0 Å². The molecular weight excluding hydrogens is 232 g/mol. The lowest BCUT2D eigenvalue weighted by molar-refractivity contribution is -0.133.